The zero-order valence-electron chi connectivity index (χ0n) is 20.9. The van der Waals surface area contributed by atoms with Crippen molar-refractivity contribution in [3.05, 3.63) is 126 Å². The molecule has 5 nitrogen and oxygen atoms in total. The molecule has 0 fully saturated rings. The Bertz CT molecular complexity index is 1580. The predicted octanol–water partition coefficient (Wildman–Crippen LogP) is 6.39. The van der Waals surface area contributed by atoms with Gasteiger partial charge in [0.25, 0.3) is 5.91 Å². The lowest BCUT2D eigenvalue weighted by molar-refractivity contribution is -0.142. The summed E-state index contributed by atoms with van der Waals surface area (Å²) in [5, 5.41) is 14.8. The summed E-state index contributed by atoms with van der Waals surface area (Å²) in [6.45, 7) is 0. The van der Waals surface area contributed by atoms with Crippen LogP contribution in [0.25, 0.3) is 33.0 Å². The van der Waals surface area contributed by atoms with Crippen molar-refractivity contribution in [3.8, 4) is 28.0 Å². The molecular formula is C33H27NO4. The zero-order valence-corrected chi connectivity index (χ0v) is 20.9. The van der Waals surface area contributed by atoms with Gasteiger partial charge in [0.1, 0.15) is 11.8 Å². The van der Waals surface area contributed by atoms with E-state index in [1.54, 1.807) is 12.1 Å². The SMILES string of the molecule is COC(=O)[C@H](Cc1ccc(-c2ccc(-c3ccccc3)cc2)cc1)NC(=O)c1cc2ccccc2cc1O. The van der Waals surface area contributed by atoms with Gasteiger partial charge >= 0.3 is 5.97 Å². The van der Waals surface area contributed by atoms with Crippen molar-refractivity contribution >= 4 is 22.6 Å². The summed E-state index contributed by atoms with van der Waals surface area (Å²) in [5.74, 6) is -1.24. The number of rotatable bonds is 7. The number of esters is 1. The Morgan fingerprint density at radius 3 is 1.79 bits per heavy atom. The number of carbonyl (C=O) groups excluding carboxylic acids is 2. The highest BCUT2D eigenvalue weighted by Crippen LogP contribution is 2.27. The van der Waals surface area contributed by atoms with Crippen molar-refractivity contribution in [2.45, 2.75) is 12.5 Å². The largest absolute Gasteiger partial charge is 0.507 e. The molecule has 0 bridgehead atoms. The van der Waals surface area contributed by atoms with Gasteiger partial charge in [-0.3, -0.25) is 4.79 Å². The summed E-state index contributed by atoms with van der Waals surface area (Å²) in [7, 11) is 1.29. The first-order valence-electron chi connectivity index (χ1n) is 12.4. The molecule has 0 saturated heterocycles. The van der Waals surface area contributed by atoms with Crippen molar-refractivity contribution < 1.29 is 19.4 Å². The van der Waals surface area contributed by atoms with E-state index in [9.17, 15) is 14.7 Å². The van der Waals surface area contributed by atoms with Crippen LogP contribution in [0.5, 0.6) is 5.75 Å². The maximum Gasteiger partial charge on any atom is 0.328 e. The standard InChI is InChI=1S/C33H27NO4/c1-38-33(37)30(34-32(36)29-20-27-9-5-6-10-28(27)21-31(29)35)19-22-11-13-24(14-12-22)26-17-15-25(16-18-26)23-7-3-2-4-8-23/h2-18,20-21,30,35H,19H2,1H3,(H,34,36)/t30-/m0/s1. The highest BCUT2D eigenvalue weighted by atomic mass is 16.5. The van der Waals surface area contributed by atoms with Gasteiger partial charge < -0.3 is 15.2 Å². The van der Waals surface area contributed by atoms with Crippen LogP contribution in [0.1, 0.15) is 15.9 Å². The number of carbonyl (C=O) groups is 2. The van der Waals surface area contributed by atoms with Crippen molar-refractivity contribution in [2.24, 2.45) is 0 Å². The number of nitrogens with one attached hydrogen (secondary N) is 1. The monoisotopic (exact) mass is 501 g/mol. The summed E-state index contributed by atoms with van der Waals surface area (Å²) in [5.41, 5.74) is 5.43. The quantitative estimate of drug-likeness (QED) is 0.253. The molecule has 0 heterocycles. The second kappa shape index (κ2) is 11.0. The maximum atomic E-state index is 13.0. The molecule has 5 aromatic carbocycles. The molecule has 0 aliphatic heterocycles. The van der Waals surface area contributed by atoms with Crippen LogP contribution in [-0.4, -0.2) is 30.1 Å². The molecule has 0 spiro atoms. The molecule has 38 heavy (non-hydrogen) atoms. The van der Waals surface area contributed by atoms with Gasteiger partial charge in [0.2, 0.25) is 0 Å². The molecule has 0 aliphatic carbocycles. The van der Waals surface area contributed by atoms with Crippen LogP contribution < -0.4 is 5.32 Å². The summed E-state index contributed by atoms with van der Waals surface area (Å²) < 4.78 is 4.95. The minimum atomic E-state index is -0.908. The summed E-state index contributed by atoms with van der Waals surface area (Å²) >= 11 is 0. The lowest BCUT2D eigenvalue weighted by atomic mass is 9.98. The molecule has 0 radical (unpaired) electrons. The predicted molar refractivity (Wildman–Crippen MR) is 150 cm³/mol. The summed E-state index contributed by atoms with van der Waals surface area (Å²) in [6, 6.07) is 36.2. The van der Waals surface area contributed by atoms with E-state index in [2.05, 4.69) is 41.7 Å². The number of phenols is 1. The number of aromatic hydroxyl groups is 1. The molecule has 0 saturated carbocycles. The topological polar surface area (TPSA) is 75.6 Å². The average Bonchev–Trinajstić information content (AvgIpc) is 2.97. The van der Waals surface area contributed by atoms with Crippen LogP contribution in [0.15, 0.2) is 115 Å². The third-order valence-electron chi connectivity index (χ3n) is 6.62. The minimum Gasteiger partial charge on any atom is -0.507 e. The van der Waals surface area contributed by atoms with Crippen LogP contribution in [0.4, 0.5) is 0 Å². The second-order valence-corrected chi connectivity index (χ2v) is 9.11. The average molecular weight is 502 g/mol. The van der Waals surface area contributed by atoms with E-state index in [4.69, 9.17) is 4.74 Å². The minimum absolute atomic E-state index is 0.104. The third kappa shape index (κ3) is 5.42. The fourth-order valence-corrected chi connectivity index (χ4v) is 4.54. The molecule has 5 rings (SSSR count). The molecule has 1 amide bonds. The highest BCUT2D eigenvalue weighted by molar-refractivity contribution is 6.02. The van der Waals surface area contributed by atoms with E-state index in [1.807, 2.05) is 66.7 Å². The molecule has 5 aromatic rings. The van der Waals surface area contributed by atoms with Gasteiger partial charge in [0, 0.05) is 6.42 Å². The van der Waals surface area contributed by atoms with Gasteiger partial charge in [0.05, 0.1) is 12.7 Å². The van der Waals surface area contributed by atoms with E-state index >= 15 is 0 Å². The van der Waals surface area contributed by atoms with Gasteiger partial charge in [-0.05, 0) is 50.7 Å². The van der Waals surface area contributed by atoms with Crippen molar-refractivity contribution in [1.82, 2.24) is 5.32 Å². The Morgan fingerprint density at radius 2 is 1.21 bits per heavy atom. The molecule has 2 N–H and O–H groups in total. The zero-order chi connectivity index (χ0) is 26.5. The Labute approximate surface area is 221 Å². The number of amides is 1. The molecule has 188 valence electrons. The van der Waals surface area contributed by atoms with E-state index in [0.717, 1.165) is 33.0 Å². The Morgan fingerprint density at radius 1 is 0.711 bits per heavy atom. The molecule has 0 aliphatic rings. The van der Waals surface area contributed by atoms with Gasteiger partial charge in [-0.1, -0.05) is 103 Å². The Balaban J connectivity index is 1.31. The number of fused-ring (bicyclic) bond motifs is 1. The number of phenolic OH excluding ortho intramolecular Hbond substituents is 1. The van der Waals surface area contributed by atoms with Crippen LogP contribution in [0.3, 0.4) is 0 Å². The number of hydrogen-bond acceptors (Lipinski definition) is 4. The first-order valence-corrected chi connectivity index (χ1v) is 12.4. The number of ether oxygens (including phenoxy) is 1. The molecule has 5 heteroatoms. The first kappa shape index (κ1) is 24.8. The van der Waals surface area contributed by atoms with E-state index < -0.39 is 17.9 Å². The highest BCUT2D eigenvalue weighted by Gasteiger charge is 2.24. The lowest BCUT2D eigenvalue weighted by Crippen LogP contribution is -2.43. The third-order valence-corrected chi connectivity index (χ3v) is 6.62. The smallest absolute Gasteiger partial charge is 0.328 e. The fraction of sp³-hybridized carbons (Fsp3) is 0.0909. The van der Waals surface area contributed by atoms with Crippen molar-refractivity contribution in [1.29, 1.82) is 0 Å². The van der Waals surface area contributed by atoms with E-state index in [1.165, 1.54) is 12.7 Å². The van der Waals surface area contributed by atoms with Crippen LogP contribution in [-0.2, 0) is 16.0 Å². The Hall–Kier alpha value is -4.90. The normalized spacial score (nSPS) is 11.6. The summed E-state index contributed by atoms with van der Waals surface area (Å²) in [6.07, 6.45) is 0.250. The Kier molecular flexibility index (Phi) is 7.18. The summed E-state index contributed by atoms with van der Waals surface area (Å²) in [4.78, 5) is 25.5. The van der Waals surface area contributed by atoms with E-state index in [0.29, 0.717) is 0 Å². The fourth-order valence-electron chi connectivity index (χ4n) is 4.54. The van der Waals surface area contributed by atoms with Crippen molar-refractivity contribution in [3.63, 3.8) is 0 Å². The molecule has 0 unspecified atom stereocenters. The maximum absolute atomic E-state index is 13.0. The van der Waals surface area contributed by atoms with Gasteiger partial charge in [-0.2, -0.15) is 0 Å². The van der Waals surface area contributed by atoms with Crippen LogP contribution in [0.2, 0.25) is 0 Å². The van der Waals surface area contributed by atoms with Crippen molar-refractivity contribution in [2.75, 3.05) is 7.11 Å². The van der Waals surface area contributed by atoms with Gasteiger partial charge in [-0.25, -0.2) is 4.79 Å². The number of hydrogen-bond donors (Lipinski definition) is 2. The van der Waals surface area contributed by atoms with Gasteiger partial charge in [0.15, 0.2) is 0 Å². The lowest BCUT2D eigenvalue weighted by Gasteiger charge is -2.17. The van der Waals surface area contributed by atoms with Gasteiger partial charge in [-0.15, -0.1) is 0 Å². The molecular weight excluding hydrogens is 474 g/mol. The van der Waals surface area contributed by atoms with E-state index in [-0.39, 0.29) is 17.7 Å². The number of benzene rings is 5. The molecule has 0 aromatic heterocycles. The second-order valence-electron chi connectivity index (χ2n) is 9.11. The number of methoxy groups -OCH3 is 1. The molecule has 1 atom stereocenters. The van der Waals surface area contributed by atoms with Crippen LogP contribution >= 0.6 is 0 Å². The van der Waals surface area contributed by atoms with Crippen LogP contribution in [0, 0.1) is 0 Å². The first-order chi connectivity index (χ1) is 18.5.